The second kappa shape index (κ2) is 7.43. The Labute approximate surface area is 162 Å². The molecular formula is C15H16Cl2N4O4S. The van der Waals surface area contributed by atoms with Gasteiger partial charge in [0.2, 0.25) is 0 Å². The van der Waals surface area contributed by atoms with Crippen LogP contribution in [0.3, 0.4) is 0 Å². The fraction of sp³-hybridized carbons (Fsp3) is 0.400. The van der Waals surface area contributed by atoms with Crippen LogP contribution >= 0.6 is 34.5 Å². The van der Waals surface area contributed by atoms with Gasteiger partial charge in [0.25, 0.3) is 5.91 Å². The number of carbonyl (C=O) groups is 2. The van der Waals surface area contributed by atoms with E-state index in [1.165, 1.54) is 6.20 Å². The van der Waals surface area contributed by atoms with Crippen molar-refractivity contribution in [3.63, 3.8) is 0 Å². The van der Waals surface area contributed by atoms with E-state index in [9.17, 15) is 14.7 Å². The van der Waals surface area contributed by atoms with Crippen molar-refractivity contribution < 1.29 is 19.8 Å². The first-order valence-electron chi connectivity index (χ1n) is 7.74. The van der Waals surface area contributed by atoms with Crippen LogP contribution in [0, 0.1) is 6.92 Å². The summed E-state index contributed by atoms with van der Waals surface area (Å²) in [5.41, 5.74) is 0.755. The van der Waals surface area contributed by atoms with Crippen LogP contribution in [0.2, 0.25) is 10.0 Å². The molecule has 11 heteroatoms. The van der Waals surface area contributed by atoms with Crippen LogP contribution in [0.5, 0.6) is 0 Å². The molecule has 8 nitrogen and oxygen atoms in total. The van der Waals surface area contributed by atoms with E-state index in [0.717, 1.165) is 11.3 Å². The van der Waals surface area contributed by atoms with E-state index in [1.54, 1.807) is 11.8 Å². The number of carboxylic acids is 1. The number of aromatic carboxylic acids is 1. The first-order valence-corrected chi connectivity index (χ1v) is 9.31. The molecule has 0 aromatic carbocycles. The van der Waals surface area contributed by atoms with E-state index < -0.39 is 24.0 Å². The maximum atomic E-state index is 12.4. The van der Waals surface area contributed by atoms with Crippen molar-refractivity contribution in [2.45, 2.75) is 25.5 Å². The zero-order valence-corrected chi connectivity index (χ0v) is 16.0. The lowest BCUT2D eigenvalue weighted by molar-refractivity contribution is 0.0701. The summed E-state index contributed by atoms with van der Waals surface area (Å²) in [6.45, 7) is 2.46. The highest BCUT2D eigenvalue weighted by Gasteiger charge is 2.31. The number of halogens is 2. The number of nitrogens with one attached hydrogen (secondary N) is 2. The number of aliphatic hydroxyl groups is 1. The van der Waals surface area contributed by atoms with Crippen molar-refractivity contribution >= 4 is 51.5 Å². The number of aliphatic hydroxyl groups excluding tert-OH is 1. The highest BCUT2D eigenvalue weighted by atomic mass is 35.5. The van der Waals surface area contributed by atoms with Crippen LogP contribution in [0.4, 0.5) is 5.13 Å². The van der Waals surface area contributed by atoms with Gasteiger partial charge in [-0.25, -0.2) is 9.78 Å². The van der Waals surface area contributed by atoms with Crippen molar-refractivity contribution in [1.29, 1.82) is 0 Å². The van der Waals surface area contributed by atoms with Crippen molar-refractivity contribution in [2.75, 3.05) is 18.0 Å². The minimum atomic E-state index is -1.03. The van der Waals surface area contributed by atoms with Gasteiger partial charge < -0.3 is 25.4 Å². The summed E-state index contributed by atoms with van der Waals surface area (Å²) in [6, 6.07) is -0.462. The Balaban J connectivity index is 1.64. The third-order valence-corrected chi connectivity index (χ3v) is 6.15. The number of hydrogen-bond acceptors (Lipinski definition) is 6. The number of aromatic nitrogens is 2. The fourth-order valence-corrected chi connectivity index (χ4v) is 3.96. The lowest BCUT2D eigenvalue weighted by Crippen LogP contribution is -2.54. The van der Waals surface area contributed by atoms with E-state index in [4.69, 9.17) is 28.3 Å². The van der Waals surface area contributed by atoms with Gasteiger partial charge in [-0.1, -0.05) is 34.5 Å². The Morgan fingerprint density at radius 3 is 2.69 bits per heavy atom. The number of aryl methyl sites for hydroxylation is 1. The molecule has 1 fully saturated rings. The highest BCUT2D eigenvalue weighted by Crippen LogP contribution is 2.30. The van der Waals surface area contributed by atoms with Crippen LogP contribution in [0.15, 0.2) is 6.20 Å². The Bertz CT molecular complexity index is 853. The molecule has 1 amide bonds. The molecular weight excluding hydrogens is 403 g/mol. The Kier molecular flexibility index (Phi) is 5.42. The second-order valence-electron chi connectivity index (χ2n) is 5.95. The van der Waals surface area contributed by atoms with Crippen molar-refractivity contribution in [3.8, 4) is 0 Å². The number of H-pyrrole nitrogens is 1. The number of carbonyl (C=O) groups excluding carboxylic acids is 1. The van der Waals surface area contributed by atoms with Gasteiger partial charge in [-0.15, -0.1) is 0 Å². The average molecular weight is 419 g/mol. The van der Waals surface area contributed by atoms with Gasteiger partial charge in [-0.05, 0) is 13.3 Å². The summed E-state index contributed by atoms with van der Waals surface area (Å²) in [7, 11) is 0. The summed E-state index contributed by atoms with van der Waals surface area (Å²) in [5.74, 6) is -1.47. The molecule has 0 aliphatic carbocycles. The van der Waals surface area contributed by atoms with Gasteiger partial charge in [0.05, 0.1) is 28.4 Å². The molecule has 3 rings (SSSR count). The molecule has 2 aromatic heterocycles. The molecule has 1 saturated heterocycles. The zero-order chi connectivity index (χ0) is 19.0. The zero-order valence-electron chi connectivity index (χ0n) is 13.6. The molecule has 1 aliphatic heterocycles. The number of nitrogens with zero attached hydrogens (tertiary/aromatic N) is 2. The monoisotopic (exact) mass is 418 g/mol. The summed E-state index contributed by atoms with van der Waals surface area (Å²) in [6.07, 6.45) is 0.928. The molecule has 0 unspecified atom stereocenters. The number of hydrogen-bond donors (Lipinski definition) is 4. The number of β-amino-alcohol motifs (C(OH)–C–C–N with tert-alkyl or cyclic N) is 1. The van der Waals surface area contributed by atoms with Gasteiger partial charge in [-0.3, -0.25) is 4.79 Å². The number of thiazole rings is 1. The molecule has 26 heavy (non-hydrogen) atoms. The Hall–Kier alpha value is -1.81. The van der Waals surface area contributed by atoms with Gasteiger partial charge >= 0.3 is 5.97 Å². The maximum absolute atomic E-state index is 12.4. The predicted molar refractivity (Wildman–Crippen MR) is 98.7 cm³/mol. The molecule has 4 N–H and O–H groups in total. The molecule has 0 bridgehead atoms. The van der Waals surface area contributed by atoms with Crippen molar-refractivity contribution in [1.82, 2.24) is 15.3 Å². The third-order valence-electron chi connectivity index (χ3n) is 4.15. The number of carboxylic acid groups (broad SMARTS) is 1. The molecule has 0 spiro atoms. The van der Waals surface area contributed by atoms with Crippen LogP contribution in [-0.4, -0.2) is 57.3 Å². The predicted octanol–water partition coefficient (Wildman–Crippen LogP) is 2.15. The fourth-order valence-electron chi connectivity index (χ4n) is 2.75. The van der Waals surface area contributed by atoms with E-state index in [-0.39, 0.29) is 22.1 Å². The first kappa shape index (κ1) is 19.0. The van der Waals surface area contributed by atoms with Gasteiger partial charge in [0.1, 0.15) is 10.6 Å². The molecule has 2 aromatic rings. The number of amides is 1. The SMILES string of the molecule is Cc1[nH]c(C(=O)N[C@@H]2CCN(c3ncc(C(=O)O)s3)C[C@H]2O)c(Cl)c1Cl. The summed E-state index contributed by atoms with van der Waals surface area (Å²) in [4.78, 5) is 32.2. The van der Waals surface area contributed by atoms with Crippen molar-refractivity contribution in [2.24, 2.45) is 0 Å². The Morgan fingerprint density at radius 1 is 1.42 bits per heavy atom. The maximum Gasteiger partial charge on any atom is 0.347 e. The van der Waals surface area contributed by atoms with Gasteiger partial charge in [0, 0.05) is 18.8 Å². The second-order valence-corrected chi connectivity index (χ2v) is 7.71. The van der Waals surface area contributed by atoms with Crippen LogP contribution < -0.4 is 10.2 Å². The van der Waals surface area contributed by atoms with Crippen molar-refractivity contribution in [3.05, 3.63) is 32.5 Å². The van der Waals surface area contributed by atoms with Gasteiger partial charge in [0.15, 0.2) is 5.13 Å². The first-order chi connectivity index (χ1) is 12.3. The highest BCUT2D eigenvalue weighted by molar-refractivity contribution is 7.17. The summed E-state index contributed by atoms with van der Waals surface area (Å²) in [5, 5.41) is 23.1. The van der Waals surface area contributed by atoms with Crippen LogP contribution in [0.25, 0.3) is 0 Å². The average Bonchev–Trinajstić information content (AvgIpc) is 3.18. The van der Waals surface area contributed by atoms with E-state index in [2.05, 4.69) is 15.3 Å². The molecule has 3 heterocycles. The lowest BCUT2D eigenvalue weighted by Gasteiger charge is -2.36. The quantitative estimate of drug-likeness (QED) is 0.603. The number of anilines is 1. The number of piperidine rings is 1. The summed E-state index contributed by atoms with van der Waals surface area (Å²) >= 11 is 13.1. The van der Waals surface area contributed by atoms with E-state index in [1.807, 2.05) is 0 Å². The topological polar surface area (TPSA) is 119 Å². The molecule has 0 saturated carbocycles. The lowest BCUT2D eigenvalue weighted by atomic mass is 10.0. The molecule has 0 radical (unpaired) electrons. The standard InChI is InChI=1S/C15H16Cl2N4O4S/c1-6-10(16)11(17)12(19-6)13(23)20-7-2-3-21(5-8(7)22)15-18-4-9(26-15)14(24)25/h4,7-8,19,22H,2-3,5H2,1H3,(H,20,23)(H,24,25)/t7-,8-/m1/s1. The van der Waals surface area contributed by atoms with E-state index in [0.29, 0.717) is 28.8 Å². The minimum Gasteiger partial charge on any atom is -0.477 e. The Morgan fingerprint density at radius 2 is 2.15 bits per heavy atom. The summed E-state index contributed by atoms with van der Waals surface area (Å²) < 4.78 is 0. The van der Waals surface area contributed by atoms with Crippen LogP contribution in [0.1, 0.15) is 32.3 Å². The largest absolute Gasteiger partial charge is 0.477 e. The molecule has 140 valence electrons. The minimum absolute atomic E-state index is 0.138. The smallest absolute Gasteiger partial charge is 0.347 e. The number of rotatable bonds is 4. The van der Waals surface area contributed by atoms with Gasteiger partial charge in [-0.2, -0.15) is 0 Å². The van der Waals surface area contributed by atoms with E-state index >= 15 is 0 Å². The molecule has 2 atom stereocenters. The number of aromatic amines is 1. The van der Waals surface area contributed by atoms with Crippen LogP contribution in [-0.2, 0) is 0 Å². The molecule has 1 aliphatic rings. The normalized spacial score (nSPS) is 20.2. The third kappa shape index (κ3) is 3.66.